The summed E-state index contributed by atoms with van der Waals surface area (Å²) in [4.78, 5) is 43.8. The van der Waals surface area contributed by atoms with Gasteiger partial charge in [0.2, 0.25) is 6.41 Å². The van der Waals surface area contributed by atoms with Crippen molar-refractivity contribution in [2.45, 2.75) is 52.0 Å². The third-order valence-corrected chi connectivity index (χ3v) is 5.58. The highest BCUT2D eigenvalue weighted by Gasteiger charge is 2.30. The molecule has 10 heteroatoms. The van der Waals surface area contributed by atoms with Crippen LogP contribution in [0.2, 0.25) is 0 Å². The van der Waals surface area contributed by atoms with Gasteiger partial charge in [0.05, 0.1) is 19.0 Å². The lowest BCUT2D eigenvalue weighted by molar-refractivity contribution is -0.759. The van der Waals surface area contributed by atoms with Gasteiger partial charge in [-0.1, -0.05) is 6.92 Å². The maximum absolute atomic E-state index is 13.1. The molecule has 10 nitrogen and oxygen atoms in total. The molecule has 0 aromatic carbocycles. The molecule has 1 saturated heterocycles. The molecular weight excluding hydrogens is 426 g/mol. The fourth-order valence-electron chi connectivity index (χ4n) is 3.74. The molecule has 0 N–H and O–H groups in total. The molecule has 3 heterocycles. The van der Waals surface area contributed by atoms with E-state index in [1.807, 2.05) is 24.6 Å². The number of esters is 1. The first-order chi connectivity index (χ1) is 15.8. The van der Waals surface area contributed by atoms with Crippen LogP contribution in [0, 0.1) is 0 Å². The Morgan fingerprint density at radius 3 is 2.82 bits per heavy atom. The summed E-state index contributed by atoms with van der Waals surface area (Å²) in [6.45, 7) is 4.86. The van der Waals surface area contributed by atoms with E-state index in [9.17, 15) is 14.4 Å². The smallest absolute Gasteiger partial charge is 0.344 e. The van der Waals surface area contributed by atoms with Crippen molar-refractivity contribution in [1.29, 1.82) is 0 Å². The summed E-state index contributed by atoms with van der Waals surface area (Å²) in [6, 6.07) is 3.48. The molecule has 3 rings (SSSR count). The van der Waals surface area contributed by atoms with Gasteiger partial charge in [-0.05, 0) is 25.8 Å². The number of rotatable bonds is 10. The molecular formula is C23H32N5O5+. The fourth-order valence-corrected chi connectivity index (χ4v) is 3.74. The minimum atomic E-state index is -0.464. The van der Waals surface area contributed by atoms with Crippen molar-refractivity contribution < 1.29 is 28.4 Å². The van der Waals surface area contributed by atoms with Gasteiger partial charge < -0.3 is 23.8 Å². The molecule has 178 valence electrons. The molecule has 2 unspecified atom stereocenters. The van der Waals surface area contributed by atoms with Crippen molar-refractivity contribution >= 4 is 24.1 Å². The Labute approximate surface area is 193 Å². The van der Waals surface area contributed by atoms with Crippen molar-refractivity contribution in [1.82, 2.24) is 14.5 Å². The van der Waals surface area contributed by atoms with Gasteiger partial charge in [0.1, 0.15) is 12.2 Å². The second kappa shape index (κ2) is 11.0. The van der Waals surface area contributed by atoms with E-state index < -0.39 is 5.97 Å². The second-order valence-electron chi connectivity index (χ2n) is 8.21. The van der Waals surface area contributed by atoms with Crippen LogP contribution in [0.5, 0.6) is 0 Å². The van der Waals surface area contributed by atoms with Crippen LogP contribution in [-0.2, 0) is 20.8 Å². The first-order valence-electron chi connectivity index (χ1n) is 11.2. The van der Waals surface area contributed by atoms with E-state index in [4.69, 9.17) is 9.47 Å². The molecule has 1 aliphatic heterocycles. The number of hydrogen-bond acceptors (Lipinski definition) is 6. The lowest BCUT2D eigenvalue weighted by Crippen LogP contribution is -2.39. The van der Waals surface area contributed by atoms with Crippen molar-refractivity contribution in [3.63, 3.8) is 0 Å². The summed E-state index contributed by atoms with van der Waals surface area (Å²) in [5.74, 6) is -0.469. The summed E-state index contributed by atoms with van der Waals surface area (Å²) < 4.78 is 14.9. The topological polar surface area (TPSA) is 97.9 Å². The van der Waals surface area contributed by atoms with Gasteiger partial charge in [-0.25, -0.2) is 9.78 Å². The third-order valence-electron chi connectivity index (χ3n) is 5.58. The van der Waals surface area contributed by atoms with E-state index in [1.54, 1.807) is 43.3 Å². The van der Waals surface area contributed by atoms with Crippen molar-refractivity contribution in [2.75, 3.05) is 32.1 Å². The average molecular weight is 459 g/mol. The molecule has 2 atom stereocenters. The largest absolute Gasteiger partial charge is 0.460 e. The van der Waals surface area contributed by atoms with Gasteiger partial charge in [0, 0.05) is 33.1 Å². The van der Waals surface area contributed by atoms with Crippen LogP contribution >= 0.6 is 0 Å². The summed E-state index contributed by atoms with van der Waals surface area (Å²) in [5.41, 5.74) is 0.751. The zero-order chi connectivity index (χ0) is 24.0. The van der Waals surface area contributed by atoms with Gasteiger partial charge >= 0.3 is 5.97 Å². The predicted octanol–water partition coefficient (Wildman–Crippen LogP) is 1.80. The van der Waals surface area contributed by atoms with Crippen LogP contribution in [0.3, 0.4) is 0 Å². The van der Waals surface area contributed by atoms with Crippen LogP contribution in [-0.4, -0.2) is 66.1 Å². The molecule has 2 aromatic rings. The molecule has 1 aliphatic rings. The number of aryl methyl sites for hydroxylation is 1. The average Bonchev–Trinajstić information content (AvgIpc) is 3.44. The number of carbonyl (C=O) groups excluding carboxylic acids is 3. The Hall–Kier alpha value is -3.27. The number of amides is 2. The summed E-state index contributed by atoms with van der Waals surface area (Å²) >= 11 is 0. The monoisotopic (exact) mass is 458 g/mol. The summed E-state index contributed by atoms with van der Waals surface area (Å²) in [5, 5.41) is 0. The lowest BCUT2D eigenvalue weighted by Gasteiger charge is -2.20. The Morgan fingerprint density at radius 1 is 1.36 bits per heavy atom. The Morgan fingerprint density at radius 2 is 2.15 bits per heavy atom. The number of pyridine rings is 1. The van der Waals surface area contributed by atoms with Gasteiger partial charge in [-0.2, -0.15) is 4.57 Å². The van der Waals surface area contributed by atoms with Gasteiger partial charge in [-0.15, -0.1) is 0 Å². The van der Waals surface area contributed by atoms with E-state index in [1.165, 1.54) is 9.80 Å². The van der Waals surface area contributed by atoms with Crippen LogP contribution in [0.4, 0.5) is 5.82 Å². The first kappa shape index (κ1) is 24.4. The third kappa shape index (κ3) is 5.75. The highest BCUT2D eigenvalue weighted by Crippen LogP contribution is 2.23. The highest BCUT2D eigenvalue weighted by molar-refractivity contribution is 5.99. The molecule has 2 amide bonds. The van der Waals surface area contributed by atoms with E-state index in [-0.39, 0.29) is 31.4 Å². The van der Waals surface area contributed by atoms with Crippen LogP contribution in [0.15, 0.2) is 30.9 Å². The summed E-state index contributed by atoms with van der Waals surface area (Å²) in [7, 11) is 3.17. The van der Waals surface area contributed by atoms with Gasteiger partial charge in [0.25, 0.3) is 12.1 Å². The van der Waals surface area contributed by atoms with Crippen molar-refractivity contribution in [2.24, 2.45) is 0 Å². The number of nitrogens with zero attached hydrogens (tertiary/aromatic N) is 5. The molecule has 0 spiro atoms. The molecule has 2 aromatic heterocycles. The van der Waals surface area contributed by atoms with Crippen LogP contribution < -0.4 is 9.47 Å². The van der Waals surface area contributed by atoms with Crippen molar-refractivity contribution in [3.8, 4) is 0 Å². The number of imidazole rings is 1. The van der Waals surface area contributed by atoms with E-state index >= 15 is 0 Å². The number of ether oxygens (including phenoxy) is 2. The minimum absolute atomic E-state index is 0.0354. The molecule has 0 radical (unpaired) electrons. The number of aromatic nitrogens is 3. The molecule has 0 bridgehead atoms. The van der Waals surface area contributed by atoms with E-state index in [2.05, 4.69) is 4.98 Å². The number of hydrogen-bond donors (Lipinski definition) is 0. The van der Waals surface area contributed by atoms with Crippen LogP contribution in [0.1, 0.15) is 60.2 Å². The Balaban J connectivity index is 1.60. The zero-order valence-corrected chi connectivity index (χ0v) is 19.6. The van der Waals surface area contributed by atoms with E-state index in [0.29, 0.717) is 30.0 Å². The lowest BCUT2D eigenvalue weighted by atomic mass is 10.2. The summed E-state index contributed by atoms with van der Waals surface area (Å²) in [6.07, 6.45) is 8.57. The normalized spacial score (nSPS) is 17.6. The maximum atomic E-state index is 13.1. The standard InChI is InChI=1S/C23H32N5O5/c1-5-10-28-15-24-21(26(4)16-29)20(28)22(30)25(3)12-13-32-23(31)18-7-6-11-27(14-18)19-9-8-17(2)33-19/h6-7,11,14-17,19H,5,8-10,12-13H2,1-4H3/q+1. The number of likely N-dealkylation sites (N-methyl/N-ethyl adjacent to an activating group) is 1. The molecule has 0 saturated carbocycles. The first-order valence-corrected chi connectivity index (χ1v) is 11.2. The molecule has 0 aliphatic carbocycles. The van der Waals surface area contributed by atoms with E-state index in [0.717, 1.165) is 19.3 Å². The Kier molecular flexibility index (Phi) is 8.16. The number of anilines is 1. The van der Waals surface area contributed by atoms with Crippen molar-refractivity contribution in [3.05, 3.63) is 42.1 Å². The van der Waals surface area contributed by atoms with Gasteiger partial charge in [-0.3, -0.25) is 9.59 Å². The van der Waals surface area contributed by atoms with Crippen LogP contribution in [0.25, 0.3) is 0 Å². The molecule has 33 heavy (non-hydrogen) atoms. The van der Waals surface area contributed by atoms with Gasteiger partial charge in [0.15, 0.2) is 23.9 Å². The number of carbonyl (C=O) groups is 3. The SMILES string of the molecule is CCCn1cnc(N(C)C=O)c1C(=O)N(C)CCOC(=O)c1ccc[n+](C2CCC(C)O2)c1. The minimum Gasteiger partial charge on any atom is -0.460 e. The predicted molar refractivity (Wildman–Crippen MR) is 120 cm³/mol. The zero-order valence-electron chi connectivity index (χ0n) is 19.6. The Bertz CT molecular complexity index is 991. The molecule has 1 fully saturated rings. The maximum Gasteiger partial charge on any atom is 0.344 e. The quantitative estimate of drug-likeness (QED) is 0.306. The highest BCUT2D eigenvalue weighted by atomic mass is 16.5. The second-order valence-corrected chi connectivity index (χ2v) is 8.21. The fraction of sp³-hybridized carbons (Fsp3) is 0.522.